The fraction of sp³-hybridized carbons (Fsp3) is 0.917. The van der Waals surface area contributed by atoms with Gasteiger partial charge >= 0.3 is 6.09 Å². The Hall–Kier alpha value is -0.850. The second-order valence-electron chi connectivity index (χ2n) is 5.49. The maximum Gasteiger partial charge on any atom is 0.410 e. The Labute approximate surface area is 108 Å². The highest BCUT2D eigenvalue weighted by Crippen LogP contribution is 2.16. The zero-order valence-electron chi connectivity index (χ0n) is 11.6. The number of ether oxygens (including phenoxy) is 3. The second kappa shape index (κ2) is 6.36. The van der Waals surface area contributed by atoms with E-state index in [4.69, 9.17) is 19.9 Å². The SMILES string of the molecule is COCO[C@@H]1CCN(C(=O)OC(C)(C)C)C[C@@H]1N. The average molecular weight is 260 g/mol. The predicted molar refractivity (Wildman–Crippen MR) is 67.1 cm³/mol. The highest BCUT2D eigenvalue weighted by molar-refractivity contribution is 5.68. The topological polar surface area (TPSA) is 74.0 Å². The van der Waals surface area contributed by atoms with Crippen molar-refractivity contribution in [2.75, 3.05) is 27.0 Å². The van der Waals surface area contributed by atoms with Gasteiger partial charge in [0.1, 0.15) is 12.4 Å². The number of hydrogen-bond acceptors (Lipinski definition) is 5. The summed E-state index contributed by atoms with van der Waals surface area (Å²) < 4.78 is 15.6. The Morgan fingerprint density at radius 1 is 1.44 bits per heavy atom. The third-order valence-corrected chi connectivity index (χ3v) is 2.64. The van der Waals surface area contributed by atoms with Crippen molar-refractivity contribution in [3.63, 3.8) is 0 Å². The summed E-state index contributed by atoms with van der Waals surface area (Å²) in [5, 5.41) is 0. The maximum atomic E-state index is 11.9. The van der Waals surface area contributed by atoms with Crippen LogP contribution in [0.3, 0.4) is 0 Å². The molecule has 0 radical (unpaired) electrons. The molecule has 0 bridgehead atoms. The van der Waals surface area contributed by atoms with Gasteiger partial charge in [-0.05, 0) is 27.2 Å². The quantitative estimate of drug-likeness (QED) is 0.765. The van der Waals surface area contributed by atoms with E-state index in [2.05, 4.69) is 0 Å². The highest BCUT2D eigenvalue weighted by Gasteiger charge is 2.31. The molecule has 2 atom stereocenters. The van der Waals surface area contributed by atoms with Crippen molar-refractivity contribution >= 4 is 6.09 Å². The Kier molecular flexibility index (Phi) is 5.37. The fourth-order valence-electron chi connectivity index (χ4n) is 1.82. The summed E-state index contributed by atoms with van der Waals surface area (Å²) in [6, 6.07) is -0.207. The third kappa shape index (κ3) is 4.80. The first-order valence-corrected chi connectivity index (χ1v) is 6.17. The van der Waals surface area contributed by atoms with Gasteiger partial charge in [0.2, 0.25) is 0 Å². The molecule has 18 heavy (non-hydrogen) atoms. The van der Waals surface area contributed by atoms with Crippen molar-refractivity contribution in [2.24, 2.45) is 5.73 Å². The molecule has 0 aliphatic carbocycles. The third-order valence-electron chi connectivity index (χ3n) is 2.64. The van der Waals surface area contributed by atoms with E-state index < -0.39 is 5.60 Å². The molecule has 6 nitrogen and oxygen atoms in total. The summed E-state index contributed by atoms with van der Waals surface area (Å²) in [4.78, 5) is 13.5. The molecule has 0 aromatic carbocycles. The number of rotatable bonds is 3. The Bertz CT molecular complexity index is 278. The number of nitrogens with two attached hydrogens (primary N) is 1. The molecule has 0 aromatic heterocycles. The van der Waals surface area contributed by atoms with Gasteiger partial charge in [0.15, 0.2) is 0 Å². The summed E-state index contributed by atoms with van der Waals surface area (Å²) >= 11 is 0. The van der Waals surface area contributed by atoms with Crippen LogP contribution < -0.4 is 5.73 Å². The molecule has 0 saturated carbocycles. The van der Waals surface area contributed by atoms with Gasteiger partial charge < -0.3 is 24.8 Å². The summed E-state index contributed by atoms with van der Waals surface area (Å²) in [6.07, 6.45) is 0.316. The van der Waals surface area contributed by atoms with E-state index in [1.165, 1.54) is 0 Å². The molecule has 1 amide bonds. The molecule has 1 saturated heterocycles. The molecular formula is C12H24N2O4. The van der Waals surface area contributed by atoms with Crippen LogP contribution in [0.1, 0.15) is 27.2 Å². The van der Waals surface area contributed by atoms with E-state index in [-0.39, 0.29) is 25.0 Å². The van der Waals surface area contributed by atoms with Crippen molar-refractivity contribution in [3.8, 4) is 0 Å². The minimum absolute atomic E-state index is 0.0661. The molecule has 1 aliphatic heterocycles. The van der Waals surface area contributed by atoms with E-state index in [0.29, 0.717) is 19.5 Å². The monoisotopic (exact) mass is 260 g/mol. The zero-order chi connectivity index (χ0) is 13.8. The maximum absolute atomic E-state index is 11.9. The van der Waals surface area contributed by atoms with Gasteiger partial charge in [-0.25, -0.2) is 4.79 Å². The number of methoxy groups -OCH3 is 1. The van der Waals surface area contributed by atoms with E-state index in [9.17, 15) is 4.79 Å². The largest absolute Gasteiger partial charge is 0.444 e. The first kappa shape index (κ1) is 15.2. The number of nitrogens with zero attached hydrogens (tertiary/aromatic N) is 1. The molecule has 1 aliphatic rings. The lowest BCUT2D eigenvalue weighted by Gasteiger charge is -2.36. The average Bonchev–Trinajstić information content (AvgIpc) is 2.25. The van der Waals surface area contributed by atoms with Crippen LogP contribution in [0.15, 0.2) is 0 Å². The number of hydrogen-bond donors (Lipinski definition) is 1. The van der Waals surface area contributed by atoms with E-state index in [1.807, 2.05) is 20.8 Å². The first-order valence-electron chi connectivity index (χ1n) is 6.17. The predicted octanol–water partition coefficient (Wildman–Crippen LogP) is 0.944. The van der Waals surface area contributed by atoms with Crippen molar-refractivity contribution in [3.05, 3.63) is 0 Å². The van der Waals surface area contributed by atoms with Crippen LogP contribution in [0.25, 0.3) is 0 Å². The number of likely N-dealkylation sites (tertiary alicyclic amines) is 1. The lowest BCUT2D eigenvalue weighted by molar-refractivity contribution is -0.0955. The minimum atomic E-state index is -0.482. The Balaban J connectivity index is 2.43. The molecule has 0 aromatic rings. The summed E-state index contributed by atoms with van der Waals surface area (Å²) in [7, 11) is 1.57. The second-order valence-corrected chi connectivity index (χ2v) is 5.49. The van der Waals surface area contributed by atoms with Gasteiger partial charge in [0.25, 0.3) is 0 Å². The molecular weight excluding hydrogens is 236 g/mol. The van der Waals surface area contributed by atoms with Crippen LogP contribution in [0, 0.1) is 0 Å². The number of carbonyl (C=O) groups is 1. The van der Waals surface area contributed by atoms with Crippen LogP contribution in [0.2, 0.25) is 0 Å². The molecule has 1 fully saturated rings. The van der Waals surface area contributed by atoms with Gasteiger partial charge in [-0.3, -0.25) is 0 Å². The molecule has 0 unspecified atom stereocenters. The molecule has 106 valence electrons. The van der Waals surface area contributed by atoms with Crippen LogP contribution in [-0.2, 0) is 14.2 Å². The van der Waals surface area contributed by atoms with Gasteiger partial charge in [-0.15, -0.1) is 0 Å². The highest BCUT2D eigenvalue weighted by atomic mass is 16.7. The Morgan fingerprint density at radius 3 is 2.61 bits per heavy atom. The van der Waals surface area contributed by atoms with E-state index >= 15 is 0 Å². The van der Waals surface area contributed by atoms with Gasteiger partial charge in [-0.1, -0.05) is 0 Å². The summed E-state index contributed by atoms with van der Waals surface area (Å²) in [5.41, 5.74) is 5.50. The first-order chi connectivity index (χ1) is 8.33. The number of piperidine rings is 1. The van der Waals surface area contributed by atoms with Crippen molar-refractivity contribution < 1.29 is 19.0 Å². The molecule has 0 spiro atoms. The number of amides is 1. The minimum Gasteiger partial charge on any atom is -0.444 e. The van der Waals surface area contributed by atoms with E-state index in [0.717, 1.165) is 0 Å². The lowest BCUT2D eigenvalue weighted by atomic mass is 10.0. The lowest BCUT2D eigenvalue weighted by Crippen LogP contribution is -2.54. The van der Waals surface area contributed by atoms with E-state index in [1.54, 1.807) is 12.0 Å². The standard InChI is InChI=1S/C12H24N2O4/c1-12(2,3)18-11(15)14-6-5-10(9(13)7-14)17-8-16-4/h9-10H,5-8,13H2,1-4H3/t9-,10+/m0/s1. The smallest absolute Gasteiger partial charge is 0.410 e. The molecule has 6 heteroatoms. The summed E-state index contributed by atoms with van der Waals surface area (Å²) in [6.45, 7) is 6.81. The van der Waals surface area contributed by atoms with Crippen LogP contribution in [0.4, 0.5) is 4.79 Å². The van der Waals surface area contributed by atoms with Crippen molar-refractivity contribution in [1.29, 1.82) is 0 Å². The number of carbonyl (C=O) groups excluding carboxylic acids is 1. The molecule has 2 N–H and O–H groups in total. The Morgan fingerprint density at radius 2 is 2.11 bits per heavy atom. The fourth-order valence-corrected chi connectivity index (χ4v) is 1.82. The van der Waals surface area contributed by atoms with Crippen LogP contribution in [0.5, 0.6) is 0 Å². The van der Waals surface area contributed by atoms with Gasteiger partial charge in [0.05, 0.1) is 6.10 Å². The normalized spacial score (nSPS) is 25.1. The molecule has 1 heterocycles. The summed E-state index contributed by atoms with van der Waals surface area (Å²) in [5.74, 6) is 0. The zero-order valence-corrected chi connectivity index (χ0v) is 11.6. The van der Waals surface area contributed by atoms with Crippen molar-refractivity contribution in [2.45, 2.75) is 44.9 Å². The van der Waals surface area contributed by atoms with Gasteiger partial charge in [0, 0.05) is 26.2 Å². The van der Waals surface area contributed by atoms with Gasteiger partial charge in [-0.2, -0.15) is 0 Å². The molecule has 1 rings (SSSR count). The van der Waals surface area contributed by atoms with Crippen molar-refractivity contribution in [1.82, 2.24) is 4.90 Å². The van der Waals surface area contributed by atoms with Crippen LogP contribution in [-0.4, -0.2) is 55.7 Å². The van der Waals surface area contributed by atoms with Crippen LogP contribution >= 0.6 is 0 Å².